The molecule has 0 saturated heterocycles. The molecular formula is C16H23F2N. The Morgan fingerprint density at radius 3 is 2.00 bits per heavy atom. The highest BCUT2D eigenvalue weighted by atomic mass is 19.3. The van der Waals surface area contributed by atoms with Crippen LogP contribution in [0.15, 0.2) is 12.1 Å². The van der Waals surface area contributed by atoms with Crippen LogP contribution >= 0.6 is 0 Å². The van der Waals surface area contributed by atoms with Crippen LogP contribution in [0.1, 0.15) is 47.9 Å². The topological polar surface area (TPSA) is 26.0 Å². The summed E-state index contributed by atoms with van der Waals surface area (Å²) in [6, 6.07) is 4.30. The van der Waals surface area contributed by atoms with Crippen molar-refractivity contribution in [2.45, 2.75) is 57.8 Å². The van der Waals surface area contributed by atoms with Crippen LogP contribution in [0.4, 0.5) is 8.78 Å². The summed E-state index contributed by atoms with van der Waals surface area (Å²) in [6.45, 7) is 6.66. The molecule has 0 aliphatic heterocycles. The minimum absolute atomic E-state index is 0.0451. The smallest absolute Gasteiger partial charge is 0.248 e. The Labute approximate surface area is 114 Å². The summed E-state index contributed by atoms with van der Waals surface area (Å²) in [7, 11) is 0. The van der Waals surface area contributed by atoms with Crippen molar-refractivity contribution in [2.24, 2.45) is 5.73 Å². The van der Waals surface area contributed by atoms with E-state index in [9.17, 15) is 8.78 Å². The van der Waals surface area contributed by atoms with Crippen LogP contribution in [0.2, 0.25) is 0 Å². The summed E-state index contributed by atoms with van der Waals surface area (Å²) in [5.41, 5.74) is 10.5. The normalized spacial score (nSPS) is 21.4. The monoisotopic (exact) mass is 267 g/mol. The van der Waals surface area contributed by atoms with Gasteiger partial charge < -0.3 is 5.73 Å². The van der Waals surface area contributed by atoms with Gasteiger partial charge in [0.1, 0.15) is 0 Å². The number of hydrogen-bond donors (Lipinski definition) is 1. The lowest BCUT2D eigenvalue weighted by molar-refractivity contribution is -0.0509. The Hall–Kier alpha value is -0.960. The van der Waals surface area contributed by atoms with E-state index in [4.69, 9.17) is 5.73 Å². The van der Waals surface area contributed by atoms with E-state index in [1.165, 1.54) is 22.3 Å². The Balaban J connectivity index is 2.40. The maximum absolute atomic E-state index is 13.4. The first-order valence-electron chi connectivity index (χ1n) is 6.96. The van der Waals surface area contributed by atoms with E-state index >= 15 is 0 Å². The molecule has 1 aliphatic carbocycles. The van der Waals surface area contributed by atoms with Crippen LogP contribution in [0.25, 0.3) is 0 Å². The SMILES string of the molecule is Cc1cc(C)c(C2(CN)CCC(F)(F)CC2)cc1C. The second-order valence-corrected chi connectivity index (χ2v) is 6.09. The zero-order valence-corrected chi connectivity index (χ0v) is 12.0. The van der Waals surface area contributed by atoms with Gasteiger partial charge in [0.15, 0.2) is 0 Å². The lowest BCUT2D eigenvalue weighted by atomic mass is 9.67. The van der Waals surface area contributed by atoms with E-state index in [1.807, 2.05) is 0 Å². The van der Waals surface area contributed by atoms with Gasteiger partial charge in [-0.3, -0.25) is 0 Å². The first-order valence-corrected chi connectivity index (χ1v) is 6.96. The van der Waals surface area contributed by atoms with Crippen molar-refractivity contribution in [3.8, 4) is 0 Å². The molecule has 0 unspecified atom stereocenters. The van der Waals surface area contributed by atoms with E-state index in [0.717, 1.165) is 0 Å². The van der Waals surface area contributed by atoms with Gasteiger partial charge in [0.2, 0.25) is 5.92 Å². The molecular weight excluding hydrogens is 244 g/mol. The second kappa shape index (κ2) is 4.86. The second-order valence-electron chi connectivity index (χ2n) is 6.09. The highest BCUT2D eigenvalue weighted by Gasteiger charge is 2.44. The molecule has 1 fully saturated rings. The third-order valence-corrected chi connectivity index (χ3v) is 4.74. The van der Waals surface area contributed by atoms with Crippen molar-refractivity contribution in [3.05, 3.63) is 34.4 Å². The maximum atomic E-state index is 13.4. The number of rotatable bonds is 2. The number of nitrogens with two attached hydrogens (primary N) is 1. The van der Waals surface area contributed by atoms with Crippen molar-refractivity contribution >= 4 is 0 Å². The zero-order valence-electron chi connectivity index (χ0n) is 12.0. The molecule has 106 valence electrons. The Morgan fingerprint density at radius 2 is 1.47 bits per heavy atom. The Kier molecular flexibility index (Phi) is 3.69. The van der Waals surface area contributed by atoms with Crippen molar-refractivity contribution in [3.63, 3.8) is 0 Å². The van der Waals surface area contributed by atoms with Crippen molar-refractivity contribution in [1.29, 1.82) is 0 Å². The summed E-state index contributed by atoms with van der Waals surface area (Å²) in [6.07, 6.45) is 0.882. The molecule has 3 heteroatoms. The minimum Gasteiger partial charge on any atom is -0.330 e. The Bertz CT molecular complexity index is 470. The minimum atomic E-state index is -2.51. The molecule has 0 heterocycles. The van der Waals surface area contributed by atoms with Crippen LogP contribution in [0, 0.1) is 20.8 Å². The Morgan fingerprint density at radius 1 is 0.947 bits per heavy atom. The highest BCUT2D eigenvalue weighted by Crippen LogP contribution is 2.46. The maximum Gasteiger partial charge on any atom is 0.248 e. The predicted molar refractivity (Wildman–Crippen MR) is 74.8 cm³/mol. The van der Waals surface area contributed by atoms with E-state index in [2.05, 4.69) is 32.9 Å². The fourth-order valence-electron chi connectivity index (χ4n) is 3.21. The van der Waals surface area contributed by atoms with Gasteiger partial charge in [-0.2, -0.15) is 0 Å². The summed E-state index contributed by atoms with van der Waals surface area (Å²) in [5.74, 6) is -2.51. The molecule has 1 aliphatic rings. The van der Waals surface area contributed by atoms with Crippen LogP contribution in [0.3, 0.4) is 0 Å². The van der Waals surface area contributed by atoms with Crippen LogP contribution in [-0.2, 0) is 5.41 Å². The largest absolute Gasteiger partial charge is 0.330 e. The molecule has 0 atom stereocenters. The number of aryl methyl sites for hydroxylation is 3. The van der Waals surface area contributed by atoms with Crippen LogP contribution in [0.5, 0.6) is 0 Å². The van der Waals surface area contributed by atoms with E-state index < -0.39 is 5.92 Å². The molecule has 2 rings (SSSR count). The van der Waals surface area contributed by atoms with Gasteiger partial charge in [-0.15, -0.1) is 0 Å². The molecule has 0 bridgehead atoms. The van der Waals surface area contributed by atoms with E-state index in [-0.39, 0.29) is 18.3 Å². The summed E-state index contributed by atoms with van der Waals surface area (Å²) in [5, 5.41) is 0. The molecule has 0 aromatic heterocycles. The first-order chi connectivity index (χ1) is 8.80. The van der Waals surface area contributed by atoms with E-state index in [0.29, 0.717) is 19.4 Å². The highest BCUT2D eigenvalue weighted by molar-refractivity contribution is 5.41. The van der Waals surface area contributed by atoms with Crippen molar-refractivity contribution in [2.75, 3.05) is 6.54 Å². The van der Waals surface area contributed by atoms with Gasteiger partial charge in [0.25, 0.3) is 0 Å². The van der Waals surface area contributed by atoms with Gasteiger partial charge in [-0.1, -0.05) is 12.1 Å². The van der Waals surface area contributed by atoms with Crippen molar-refractivity contribution < 1.29 is 8.78 Å². The average Bonchev–Trinajstić information content (AvgIpc) is 2.35. The molecule has 0 amide bonds. The fraction of sp³-hybridized carbons (Fsp3) is 0.625. The van der Waals surface area contributed by atoms with Gasteiger partial charge in [-0.25, -0.2) is 8.78 Å². The number of alkyl halides is 2. The van der Waals surface area contributed by atoms with E-state index in [1.54, 1.807) is 0 Å². The van der Waals surface area contributed by atoms with Crippen LogP contribution in [-0.4, -0.2) is 12.5 Å². The third-order valence-electron chi connectivity index (χ3n) is 4.74. The molecule has 1 nitrogen and oxygen atoms in total. The molecule has 19 heavy (non-hydrogen) atoms. The number of benzene rings is 1. The average molecular weight is 267 g/mol. The van der Waals surface area contributed by atoms with Gasteiger partial charge in [0, 0.05) is 24.8 Å². The fourth-order valence-corrected chi connectivity index (χ4v) is 3.21. The number of halogens is 2. The summed E-state index contributed by atoms with van der Waals surface area (Å²) < 4.78 is 26.8. The van der Waals surface area contributed by atoms with Gasteiger partial charge >= 0.3 is 0 Å². The molecule has 1 saturated carbocycles. The lowest BCUT2D eigenvalue weighted by Crippen LogP contribution is -2.42. The molecule has 0 radical (unpaired) electrons. The molecule has 0 spiro atoms. The first kappa shape index (κ1) is 14.4. The third kappa shape index (κ3) is 2.66. The molecule has 2 N–H and O–H groups in total. The summed E-state index contributed by atoms with van der Waals surface area (Å²) >= 11 is 0. The summed E-state index contributed by atoms with van der Waals surface area (Å²) in [4.78, 5) is 0. The molecule has 1 aromatic rings. The lowest BCUT2D eigenvalue weighted by Gasteiger charge is -2.41. The van der Waals surface area contributed by atoms with Gasteiger partial charge in [0.05, 0.1) is 0 Å². The quantitative estimate of drug-likeness (QED) is 0.860. The van der Waals surface area contributed by atoms with Crippen LogP contribution < -0.4 is 5.73 Å². The molecule has 1 aromatic carbocycles. The number of hydrogen-bond acceptors (Lipinski definition) is 1. The standard InChI is InChI=1S/C16H23F2N/c1-11-8-13(3)14(9-12(11)2)15(10-19)4-6-16(17,18)7-5-15/h8-9H,4-7,10,19H2,1-3H3. The zero-order chi connectivity index (χ0) is 14.3. The predicted octanol–water partition coefficient (Wildman–Crippen LogP) is 4.02. The van der Waals surface area contributed by atoms with Gasteiger partial charge in [-0.05, 0) is 55.9 Å². The van der Waals surface area contributed by atoms with Crippen molar-refractivity contribution in [1.82, 2.24) is 0 Å².